The van der Waals surface area contributed by atoms with Gasteiger partial charge in [-0.15, -0.1) is 0 Å². The highest BCUT2D eigenvalue weighted by Gasteiger charge is 2.28. The van der Waals surface area contributed by atoms with Gasteiger partial charge in [-0.2, -0.15) is 11.8 Å². The summed E-state index contributed by atoms with van der Waals surface area (Å²) >= 11 is 2.15. The van der Waals surface area contributed by atoms with Gasteiger partial charge in [0.2, 0.25) is 0 Å². The predicted octanol–water partition coefficient (Wildman–Crippen LogP) is 1.96. The predicted molar refractivity (Wildman–Crippen MR) is 68.6 cm³/mol. The molecule has 0 amide bonds. The molecular formula is C12H24N2S. The summed E-state index contributed by atoms with van der Waals surface area (Å²) in [6.45, 7) is 6.06. The second-order valence-corrected chi connectivity index (χ2v) is 5.91. The molecule has 0 radical (unpaired) electrons. The van der Waals surface area contributed by atoms with Crippen molar-refractivity contribution in [2.45, 2.75) is 44.7 Å². The third kappa shape index (κ3) is 3.11. The summed E-state index contributed by atoms with van der Waals surface area (Å²) < 4.78 is 0. The van der Waals surface area contributed by atoms with E-state index in [9.17, 15) is 0 Å². The normalized spacial score (nSPS) is 32.4. The van der Waals surface area contributed by atoms with Crippen molar-refractivity contribution in [2.75, 3.05) is 31.1 Å². The molecule has 2 heterocycles. The van der Waals surface area contributed by atoms with E-state index in [0.29, 0.717) is 0 Å². The SMILES string of the molecule is CCCN(C1CCNC1)C1CCCSC1. The lowest BCUT2D eigenvalue weighted by Gasteiger charge is -2.37. The smallest absolute Gasteiger partial charge is 0.0235 e. The molecule has 0 aromatic rings. The van der Waals surface area contributed by atoms with Gasteiger partial charge in [0.25, 0.3) is 0 Å². The van der Waals surface area contributed by atoms with Gasteiger partial charge < -0.3 is 5.32 Å². The quantitative estimate of drug-likeness (QED) is 0.792. The lowest BCUT2D eigenvalue weighted by atomic mass is 10.1. The number of thioether (sulfide) groups is 1. The van der Waals surface area contributed by atoms with Crippen LogP contribution in [0.4, 0.5) is 0 Å². The molecular weight excluding hydrogens is 204 g/mol. The molecule has 2 nitrogen and oxygen atoms in total. The second-order valence-electron chi connectivity index (χ2n) is 4.76. The number of hydrogen-bond acceptors (Lipinski definition) is 3. The molecule has 3 heteroatoms. The van der Waals surface area contributed by atoms with Crippen molar-refractivity contribution in [2.24, 2.45) is 0 Å². The summed E-state index contributed by atoms with van der Waals surface area (Å²) in [5.41, 5.74) is 0. The Hall–Kier alpha value is 0.270. The van der Waals surface area contributed by atoms with Crippen molar-refractivity contribution in [3.8, 4) is 0 Å². The Labute approximate surface area is 98.2 Å². The Bertz CT molecular complexity index is 174. The Morgan fingerprint density at radius 2 is 2.27 bits per heavy atom. The van der Waals surface area contributed by atoms with Crippen molar-refractivity contribution in [3.05, 3.63) is 0 Å². The molecule has 88 valence electrons. The zero-order valence-electron chi connectivity index (χ0n) is 9.87. The monoisotopic (exact) mass is 228 g/mol. The van der Waals surface area contributed by atoms with E-state index in [-0.39, 0.29) is 0 Å². The molecule has 0 spiro atoms. The first-order valence-corrected chi connectivity index (χ1v) is 7.61. The van der Waals surface area contributed by atoms with E-state index in [2.05, 4.69) is 28.9 Å². The third-order valence-corrected chi connectivity index (χ3v) is 4.79. The van der Waals surface area contributed by atoms with Crippen molar-refractivity contribution in [1.82, 2.24) is 10.2 Å². The molecule has 2 saturated heterocycles. The molecule has 0 aromatic carbocycles. The molecule has 2 aliphatic heterocycles. The lowest BCUT2D eigenvalue weighted by Crippen LogP contribution is -2.47. The van der Waals surface area contributed by atoms with Crippen LogP contribution in [-0.4, -0.2) is 48.1 Å². The Morgan fingerprint density at radius 3 is 2.87 bits per heavy atom. The van der Waals surface area contributed by atoms with Gasteiger partial charge in [0.15, 0.2) is 0 Å². The summed E-state index contributed by atoms with van der Waals surface area (Å²) in [7, 11) is 0. The molecule has 2 fully saturated rings. The topological polar surface area (TPSA) is 15.3 Å². The zero-order valence-corrected chi connectivity index (χ0v) is 10.7. The third-order valence-electron chi connectivity index (χ3n) is 3.59. The first-order valence-electron chi connectivity index (χ1n) is 6.46. The van der Waals surface area contributed by atoms with Gasteiger partial charge in [-0.3, -0.25) is 4.90 Å². The first kappa shape index (κ1) is 11.7. The van der Waals surface area contributed by atoms with E-state index >= 15 is 0 Å². The van der Waals surface area contributed by atoms with Crippen molar-refractivity contribution < 1.29 is 0 Å². The van der Waals surface area contributed by atoms with Crippen LogP contribution in [0.3, 0.4) is 0 Å². The standard InChI is InChI=1S/C12H24N2S/c1-2-7-14(11-5-6-13-9-11)12-4-3-8-15-10-12/h11-13H,2-10H2,1H3. The van der Waals surface area contributed by atoms with Gasteiger partial charge in [-0.25, -0.2) is 0 Å². The molecule has 0 aromatic heterocycles. The van der Waals surface area contributed by atoms with E-state index in [0.717, 1.165) is 12.1 Å². The number of rotatable bonds is 4. The van der Waals surface area contributed by atoms with Gasteiger partial charge in [-0.05, 0) is 44.5 Å². The molecule has 1 N–H and O–H groups in total. The highest BCUT2D eigenvalue weighted by atomic mass is 32.2. The van der Waals surface area contributed by atoms with E-state index in [1.165, 1.54) is 56.8 Å². The summed E-state index contributed by atoms with van der Waals surface area (Å²) in [6.07, 6.45) is 5.53. The Kier molecular flexibility index (Phi) is 4.79. The fourth-order valence-electron chi connectivity index (χ4n) is 2.83. The second kappa shape index (κ2) is 6.12. The molecule has 0 bridgehead atoms. The van der Waals surface area contributed by atoms with E-state index in [1.807, 2.05) is 0 Å². The number of nitrogens with zero attached hydrogens (tertiary/aromatic N) is 1. The minimum absolute atomic E-state index is 0.827. The van der Waals surface area contributed by atoms with Gasteiger partial charge in [-0.1, -0.05) is 6.92 Å². The van der Waals surface area contributed by atoms with Crippen molar-refractivity contribution >= 4 is 11.8 Å². The van der Waals surface area contributed by atoms with Crippen LogP contribution in [0.25, 0.3) is 0 Å². The van der Waals surface area contributed by atoms with Crippen molar-refractivity contribution in [3.63, 3.8) is 0 Å². The van der Waals surface area contributed by atoms with E-state index in [4.69, 9.17) is 0 Å². The molecule has 2 atom stereocenters. The van der Waals surface area contributed by atoms with E-state index in [1.54, 1.807) is 0 Å². The maximum Gasteiger partial charge on any atom is 0.0235 e. The number of hydrogen-bond donors (Lipinski definition) is 1. The molecule has 2 aliphatic rings. The van der Waals surface area contributed by atoms with Crippen LogP contribution >= 0.6 is 11.8 Å². The maximum atomic E-state index is 3.50. The molecule has 2 unspecified atom stereocenters. The Balaban J connectivity index is 1.90. The van der Waals surface area contributed by atoms with Crippen molar-refractivity contribution in [1.29, 1.82) is 0 Å². The van der Waals surface area contributed by atoms with Crippen LogP contribution in [0, 0.1) is 0 Å². The summed E-state index contributed by atoms with van der Waals surface area (Å²) in [6, 6.07) is 1.70. The van der Waals surface area contributed by atoms with E-state index < -0.39 is 0 Å². The highest BCUT2D eigenvalue weighted by Crippen LogP contribution is 2.25. The largest absolute Gasteiger partial charge is 0.315 e. The maximum absolute atomic E-state index is 3.50. The fraction of sp³-hybridized carbons (Fsp3) is 1.00. The van der Waals surface area contributed by atoms with Crippen LogP contribution in [-0.2, 0) is 0 Å². The molecule has 2 rings (SSSR count). The van der Waals surface area contributed by atoms with Crippen LogP contribution in [0.1, 0.15) is 32.6 Å². The average molecular weight is 228 g/mol. The minimum Gasteiger partial charge on any atom is -0.315 e. The minimum atomic E-state index is 0.827. The average Bonchev–Trinajstić information content (AvgIpc) is 2.80. The zero-order chi connectivity index (χ0) is 10.5. The van der Waals surface area contributed by atoms with Crippen LogP contribution in [0.2, 0.25) is 0 Å². The van der Waals surface area contributed by atoms with Crippen LogP contribution in [0.15, 0.2) is 0 Å². The first-order chi connectivity index (χ1) is 7.42. The van der Waals surface area contributed by atoms with Gasteiger partial charge >= 0.3 is 0 Å². The summed E-state index contributed by atoms with van der Waals surface area (Å²) in [4.78, 5) is 2.80. The fourth-order valence-corrected chi connectivity index (χ4v) is 4.00. The van der Waals surface area contributed by atoms with Gasteiger partial charge in [0.05, 0.1) is 0 Å². The summed E-state index contributed by atoms with van der Waals surface area (Å²) in [5.74, 6) is 2.76. The van der Waals surface area contributed by atoms with Crippen LogP contribution in [0.5, 0.6) is 0 Å². The summed E-state index contributed by atoms with van der Waals surface area (Å²) in [5, 5.41) is 3.50. The van der Waals surface area contributed by atoms with Gasteiger partial charge in [0.1, 0.15) is 0 Å². The number of nitrogens with one attached hydrogen (secondary N) is 1. The molecule has 0 saturated carbocycles. The molecule has 0 aliphatic carbocycles. The van der Waals surface area contributed by atoms with Gasteiger partial charge in [0, 0.05) is 24.4 Å². The molecule has 15 heavy (non-hydrogen) atoms. The lowest BCUT2D eigenvalue weighted by molar-refractivity contribution is 0.146. The van der Waals surface area contributed by atoms with Crippen LogP contribution < -0.4 is 5.32 Å². The Morgan fingerprint density at radius 1 is 1.33 bits per heavy atom. The highest BCUT2D eigenvalue weighted by molar-refractivity contribution is 7.99.